The van der Waals surface area contributed by atoms with Gasteiger partial charge in [0.05, 0.1) is 11.4 Å². The lowest BCUT2D eigenvalue weighted by atomic mass is 10.4. The molecule has 0 saturated heterocycles. The van der Waals surface area contributed by atoms with Crippen molar-refractivity contribution in [3.05, 3.63) is 11.4 Å². The van der Waals surface area contributed by atoms with Gasteiger partial charge in [0.1, 0.15) is 10.9 Å². The third kappa shape index (κ3) is 2.64. The van der Waals surface area contributed by atoms with Gasteiger partial charge in [-0.2, -0.15) is 9.82 Å². The van der Waals surface area contributed by atoms with Crippen LogP contribution in [-0.2, 0) is 21.9 Å². The van der Waals surface area contributed by atoms with Crippen LogP contribution >= 0.6 is 0 Å². The number of nitrogens with one attached hydrogen (secondary N) is 1. The van der Waals surface area contributed by atoms with Crippen LogP contribution in [0.1, 0.15) is 18.3 Å². The predicted octanol–water partition coefficient (Wildman–Crippen LogP) is -0.212. The van der Waals surface area contributed by atoms with Crippen LogP contribution in [0.2, 0.25) is 0 Å². The van der Waals surface area contributed by atoms with Crippen molar-refractivity contribution in [2.45, 2.75) is 31.7 Å². The van der Waals surface area contributed by atoms with Gasteiger partial charge in [-0.3, -0.25) is 9.48 Å². The van der Waals surface area contributed by atoms with E-state index in [1.54, 1.807) is 20.9 Å². The Morgan fingerprint density at radius 1 is 1.47 bits per heavy atom. The Balaban J connectivity index is 3.19. The first-order chi connectivity index (χ1) is 7.66. The minimum atomic E-state index is -3.86. The summed E-state index contributed by atoms with van der Waals surface area (Å²) in [4.78, 5) is 10.7. The molecule has 17 heavy (non-hydrogen) atoms. The van der Waals surface area contributed by atoms with E-state index < -0.39 is 22.0 Å². The molecule has 1 aromatic rings. The summed E-state index contributed by atoms with van der Waals surface area (Å²) in [5.74, 6) is -1.23. The molecule has 0 aliphatic rings. The number of carbonyl (C=O) groups is 1. The number of sulfonamides is 1. The second kappa shape index (κ2) is 4.46. The van der Waals surface area contributed by atoms with Crippen molar-refractivity contribution in [1.29, 1.82) is 0 Å². The minimum absolute atomic E-state index is 0.0353. The Hall–Kier alpha value is -1.41. The van der Waals surface area contributed by atoms with E-state index >= 15 is 0 Å². The Morgan fingerprint density at radius 2 is 2.00 bits per heavy atom. The lowest BCUT2D eigenvalue weighted by molar-refractivity contribution is -0.138. The van der Waals surface area contributed by atoms with Gasteiger partial charge in [-0.15, -0.1) is 0 Å². The SMILES string of the molecule is Cc1nn(C)c(C)c1S(=O)(=O)NC(C)C(=O)O. The Kier molecular flexibility index (Phi) is 3.58. The van der Waals surface area contributed by atoms with E-state index in [0.717, 1.165) is 0 Å². The second-order valence-corrected chi connectivity index (χ2v) is 5.46. The van der Waals surface area contributed by atoms with E-state index in [1.165, 1.54) is 11.6 Å². The Labute approximate surface area is 99.5 Å². The number of nitrogens with zero attached hydrogens (tertiary/aromatic N) is 2. The van der Waals surface area contributed by atoms with Crippen molar-refractivity contribution in [1.82, 2.24) is 14.5 Å². The molecular formula is C9H15N3O4S. The fourth-order valence-corrected chi connectivity index (χ4v) is 3.12. The zero-order chi connectivity index (χ0) is 13.4. The van der Waals surface area contributed by atoms with Crippen LogP contribution in [-0.4, -0.2) is 35.3 Å². The second-order valence-electron chi connectivity index (χ2n) is 3.80. The molecule has 0 saturated carbocycles. The zero-order valence-corrected chi connectivity index (χ0v) is 10.9. The standard InChI is InChI=1S/C9H15N3O4S/c1-5-8(7(3)12(4)10-5)17(15,16)11-6(2)9(13)14/h6,11H,1-4H3,(H,13,14). The van der Waals surface area contributed by atoms with Crippen molar-refractivity contribution in [3.63, 3.8) is 0 Å². The summed E-state index contributed by atoms with van der Waals surface area (Å²) in [6.45, 7) is 4.44. The molecule has 0 aromatic carbocycles. The molecule has 0 amide bonds. The maximum atomic E-state index is 12.0. The molecule has 7 nitrogen and oxygen atoms in total. The average molecular weight is 261 g/mol. The maximum absolute atomic E-state index is 12.0. The van der Waals surface area contributed by atoms with Crippen LogP contribution < -0.4 is 4.72 Å². The van der Waals surface area contributed by atoms with E-state index in [4.69, 9.17) is 5.11 Å². The van der Waals surface area contributed by atoms with Crippen molar-refractivity contribution in [2.24, 2.45) is 7.05 Å². The molecule has 1 atom stereocenters. The number of carboxylic acid groups (broad SMARTS) is 1. The number of aryl methyl sites for hydroxylation is 2. The molecule has 1 aromatic heterocycles. The van der Waals surface area contributed by atoms with Gasteiger partial charge in [0, 0.05) is 7.05 Å². The minimum Gasteiger partial charge on any atom is -0.480 e. The molecule has 0 spiro atoms. The van der Waals surface area contributed by atoms with Crippen molar-refractivity contribution >= 4 is 16.0 Å². The van der Waals surface area contributed by atoms with Crippen molar-refractivity contribution in [3.8, 4) is 0 Å². The van der Waals surface area contributed by atoms with E-state index in [1.807, 2.05) is 0 Å². The maximum Gasteiger partial charge on any atom is 0.321 e. The Bertz CT molecular complexity index is 547. The van der Waals surface area contributed by atoms with Gasteiger partial charge in [0.2, 0.25) is 10.0 Å². The molecule has 0 aliphatic carbocycles. The lowest BCUT2D eigenvalue weighted by Crippen LogP contribution is -2.38. The number of hydrogen-bond acceptors (Lipinski definition) is 4. The van der Waals surface area contributed by atoms with Gasteiger partial charge in [-0.05, 0) is 20.8 Å². The summed E-state index contributed by atoms with van der Waals surface area (Å²) in [6, 6.07) is -1.18. The first-order valence-corrected chi connectivity index (χ1v) is 6.40. The first-order valence-electron chi connectivity index (χ1n) is 4.92. The molecule has 1 heterocycles. The van der Waals surface area contributed by atoms with E-state index in [-0.39, 0.29) is 4.90 Å². The van der Waals surface area contributed by atoms with E-state index in [9.17, 15) is 13.2 Å². The highest BCUT2D eigenvalue weighted by Gasteiger charge is 2.27. The van der Waals surface area contributed by atoms with Gasteiger partial charge in [0.25, 0.3) is 0 Å². The monoisotopic (exact) mass is 261 g/mol. The van der Waals surface area contributed by atoms with Crippen LogP contribution in [0.15, 0.2) is 4.90 Å². The summed E-state index contributed by atoms with van der Waals surface area (Å²) in [5, 5.41) is 12.7. The fraction of sp³-hybridized carbons (Fsp3) is 0.556. The smallest absolute Gasteiger partial charge is 0.321 e. The van der Waals surface area contributed by atoms with Crippen LogP contribution in [0.25, 0.3) is 0 Å². The largest absolute Gasteiger partial charge is 0.480 e. The molecule has 2 N–H and O–H groups in total. The summed E-state index contributed by atoms with van der Waals surface area (Å²) in [5.41, 5.74) is 0.808. The van der Waals surface area contributed by atoms with Gasteiger partial charge in [-0.1, -0.05) is 0 Å². The third-order valence-corrected chi connectivity index (χ3v) is 4.21. The molecule has 0 radical (unpaired) electrons. The van der Waals surface area contributed by atoms with Crippen LogP contribution in [0.4, 0.5) is 0 Å². The topological polar surface area (TPSA) is 101 Å². The molecule has 1 unspecified atom stereocenters. The van der Waals surface area contributed by atoms with Crippen LogP contribution in [0.3, 0.4) is 0 Å². The van der Waals surface area contributed by atoms with Gasteiger partial charge in [0.15, 0.2) is 0 Å². The fourth-order valence-electron chi connectivity index (χ4n) is 1.49. The van der Waals surface area contributed by atoms with Crippen molar-refractivity contribution < 1.29 is 18.3 Å². The highest BCUT2D eigenvalue weighted by Crippen LogP contribution is 2.18. The molecular weight excluding hydrogens is 246 g/mol. The average Bonchev–Trinajstić information content (AvgIpc) is 2.40. The van der Waals surface area contributed by atoms with Gasteiger partial charge >= 0.3 is 5.97 Å². The highest BCUT2D eigenvalue weighted by molar-refractivity contribution is 7.89. The van der Waals surface area contributed by atoms with Gasteiger partial charge in [-0.25, -0.2) is 8.42 Å². The summed E-state index contributed by atoms with van der Waals surface area (Å²) >= 11 is 0. The number of rotatable bonds is 4. The summed E-state index contributed by atoms with van der Waals surface area (Å²) in [6.07, 6.45) is 0. The number of carboxylic acids is 1. The molecule has 0 fully saturated rings. The highest BCUT2D eigenvalue weighted by atomic mass is 32.2. The summed E-state index contributed by atoms with van der Waals surface area (Å²) < 4.78 is 27.5. The zero-order valence-electron chi connectivity index (χ0n) is 10.1. The first kappa shape index (κ1) is 13.7. The molecule has 0 aliphatic heterocycles. The number of hydrogen-bond donors (Lipinski definition) is 2. The Morgan fingerprint density at radius 3 is 2.35 bits per heavy atom. The molecule has 96 valence electrons. The third-order valence-electron chi connectivity index (χ3n) is 2.41. The van der Waals surface area contributed by atoms with Gasteiger partial charge < -0.3 is 5.11 Å². The molecule has 1 rings (SSSR count). The van der Waals surface area contributed by atoms with Crippen molar-refractivity contribution in [2.75, 3.05) is 0 Å². The summed E-state index contributed by atoms with van der Waals surface area (Å²) in [7, 11) is -2.23. The van der Waals surface area contributed by atoms with E-state index in [2.05, 4.69) is 9.82 Å². The van der Waals surface area contributed by atoms with E-state index in [0.29, 0.717) is 11.4 Å². The normalized spacial score (nSPS) is 13.6. The van der Waals surface area contributed by atoms with Crippen LogP contribution in [0, 0.1) is 13.8 Å². The molecule has 0 bridgehead atoms. The molecule has 8 heteroatoms. The van der Waals surface area contributed by atoms with Crippen LogP contribution in [0.5, 0.6) is 0 Å². The quantitative estimate of drug-likeness (QED) is 0.780. The predicted molar refractivity (Wildman–Crippen MR) is 60.1 cm³/mol. The number of aromatic nitrogens is 2. The lowest BCUT2D eigenvalue weighted by Gasteiger charge is -2.10. The number of aliphatic carboxylic acids is 1.